The highest BCUT2D eigenvalue weighted by Crippen LogP contribution is 2.40. The third kappa shape index (κ3) is 1.82. The number of carbonyl (C=O) groups excluding carboxylic acids is 1. The smallest absolute Gasteiger partial charge is 0.245 e. The summed E-state index contributed by atoms with van der Waals surface area (Å²) in [5.74, 6) is 0.0915. The van der Waals surface area contributed by atoms with Crippen LogP contribution in [-0.4, -0.2) is 40.1 Å². The monoisotopic (exact) mass is 306 g/mol. The van der Waals surface area contributed by atoms with Crippen molar-refractivity contribution in [2.75, 3.05) is 26.2 Å². The van der Waals surface area contributed by atoms with Crippen LogP contribution in [0.2, 0.25) is 0 Å². The van der Waals surface area contributed by atoms with Crippen molar-refractivity contribution in [3.05, 3.63) is 12.7 Å². The topological polar surface area (TPSA) is 23.6 Å². The van der Waals surface area contributed by atoms with Gasteiger partial charge in [-0.2, -0.15) is 0 Å². The van der Waals surface area contributed by atoms with E-state index < -0.39 is 0 Å². The zero-order valence-electron chi connectivity index (χ0n) is 8.21. The molecule has 1 amide bonds. The maximum Gasteiger partial charge on any atom is 0.245 e. The van der Waals surface area contributed by atoms with Crippen LogP contribution in [-0.2, 0) is 4.79 Å². The molecule has 0 N–H and O–H groups in total. The highest BCUT2D eigenvalue weighted by molar-refractivity contribution is 14.1. The standard InChI is InChI=1S/C10H15IN2O/c1-2-9(14)12-5-3-10(7-12)4-6-13(11)8-10/h2H,1,3-8H2. The Bertz CT molecular complexity index is 269. The summed E-state index contributed by atoms with van der Waals surface area (Å²) in [6.45, 7) is 7.67. The van der Waals surface area contributed by atoms with Gasteiger partial charge in [0.15, 0.2) is 0 Å². The predicted molar refractivity (Wildman–Crippen MR) is 64.0 cm³/mol. The van der Waals surface area contributed by atoms with Gasteiger partial charge in [-0.25, -0.2) is 3.11 Å². The van der Waals surface area contributed by atoms with E-state index in [2.05, 4.69) is 32.6 Å². The highest BCUT2D eigenvalue weighted by atomic mass is 127. The number of carbonyl (C=O) groups is 1. The second-order valence-electron chi connectivity index (χ2n) is 4.31. The Morgan fingerprint density at radius 3 is 2.64 bits per heavy atom. The molecule has 2 fully saturated rings. The molecule has 0 aromatic heterocycles. The van der Waals surface area contributed by atoms with Crippen molar-refractivity contribution in [3.8, 4) is 0 Å². The van der Waals surface area contributed by atoms with Crippen LogP contribution in [0, 0.1) is 5.41 Å². The van der Waals surface area contributed by atoms with Crippen molar-refractivity contribution < 1.29 is 4.79 Å². The fraction of sp³-hybridized carbons (Fsp3) is 0.700. The van der Waals surface area contributed by atoms with E-state index in [-0.39, 0.29) is 5.91 Å². The lowest BCUT2D eigenvalue weighted by molar-refractivity contribution is -0.125. The van der Waals surface area contributed by atoms with Crippen molar-refractivity contribution in [1.82, 2.24) is 8.01 Å². The molecular formula is C10H15IN2O. The van der Waals surface area contributed by atoms with Gasteiger partial charge in [0.05, 0.1) is 0 Å². The largest absolute Gasteiger partial charge is 0.339 e. The first kappa shape index (κ1) is 10.4. The molecule has 3 nitrogen and oxygen atoms in total. The molecule has 1 unspecified atom stereocenters. The Kier molecular flexibility index (Phi) is 2.83. The second-order valence-corrected chi connectivity index (χ2v) is 5.67. The van der Waals surface area contributed by atoms with Crippen molar-refractivity contribution in [3.63, 3.8) is 0 Å². The van der Waals surface area contributed by atoms with Crippen LogP contribution < -0.4 is 0 Å². The molecule has 2 aliphatic rings. The fourth-order valence-electron chi connectivity index (χ4n) is 2.47. The van der Waals surface area contributed by atoms with Crippen LogP contribution in [0.15, 0.2) is 12.7 Å². The molecule has 0 aliphatic carbocycles. The van der Waals surface area contributed by atoms with E-state index in [1.165, 1.54) is 12.5 Å². The number of likely N-dealkylation sites (tertiary alicyclic amines) is 1. The number of amides is 1. The predicted octanol–water partition coefficient (Wildman–Crippen LogP) is 1.45. The summed E-state index contributed by atoms with van der Waals surface area (Å²) in [4.78, 5) is 13.4. The molecule has 2 rings (SSSR count). The van der Waals surface area contributed by atoms with Crippen LogP contribution in [0.3, 0.4) is 0 Å². The molecule has 0 saturated carbocycles. The molecule has 1 spiro atoms. The summed E-state index contributed by atoms with van der Waals surface area (Å²) in [7, 11) is 0. The Labute approximate surface area is 98.6 Å². The molecule has 2 aliphatic heterocycles. The van der Waals surface area contributed by atoms with Gasteiger partial charge < -0.3 is 4.90 Å². The van der Waals surface area contributed by atoms with Gasteiger partial charge in [-0.3, -0.25) is 4.79 Å². The molecular weight excluding hydrogens is 291 g/mol. The minimum absolute atomic E-state index is 0.0915. The average molecular weight is 306 g/mol. The van der Waals surface area contributed by atoms with E-state index in [0.29, 0.717) is 5.41 Å². The lowest BCUT2D eigenvalue weighted by atomic mass is 9.87. The first-order valence-electron chi connectivity index (χ1n) is 4.97. The van der Waals surface area contributed by atoms with E-state index in [1.54, 1.807) is 0 Å². The SMILES string of the molecule is C=CC(=O)N1CCC2(CCN(I)C2)C1. The number of nitrogens with zero attached hydrogens (tertiary/aromatic N) is 2. The van der Waals surface area contributed by atoms with Crippen molar-refractivity contribution in [2.24, 2.45) is 5.41 Å². The molecule has 2 saturated heterocycles. The van der Waals surface area contributed by atoms with Gasteiger partial charge in [0.1, 0.15) is 0 Å². The van der Waals surface area contributed by atoms with Gasteiger partial charge in [0.2, 0.25) is 5.91 Å². The minimum atomic E-state index is 0.0915. The first-order valence-corrected chi connectivity index (χ1v) is 5.94. The Morgan fingerprint density at radius 2 is 2.07 bits per heavy atom. The number of halogens is 1. The van der Waals surface area contributed by atoms with Crippen LogP contribution in [0.4, 0.5) is 0 Å². The molecule has 0 aromatic rings. The molecule has 1 atom stereocenters. The van der Waals surface area contributed by atoms with Crippen LogP contribution in [0.1, 0.15) is 12.8 Å². The van der Waals surface area contributed by atoms with E-state index in [4.69, 9.17) is 0 Å². The zero-order valence-corrected chi connectivity index (χ0v) is 10.4. The van der Waals surface area contributed by atoms with Crippen LogP contribution >= 0.6 is 22.9 Å². The average Bonchev–Trinajstić information content (AvgIpc) is 2.74. The molecule has 4 heteroatoms. The normalized spacial score (nSPS) is 32.8. The number of hydrogen-bond donors (Lipinski definition) is 0. The third-order valence-electron chi connectivity index (χ3n) is 3.32. The fourth-order valence-corrected chi connectivity index (χ4v) is 3.43. The quantitative estimate of drug-likeness (QED) is 0.416. The third-order valence-corrected chi connectivity index (χ3v) is 4.14. The summed E-state index contributed by atoms with van der Waals surface area (Å²) < 4.78 is 2.33. The summed E-state index contributed by atoms with van der Waals surface area (Å²) in [5.41, 5.74) is 0.389. The minimum Gasteiger partial charge on any atom is -0.339 e. The van der Waals surface area contributed by atoms with Crippen LogP contribution in [0.5, 0.6) is 0 Å². The summed E-state index contributed by atoms with van der Waals surface area (Å²) >= 11 is 2.38. The summed E-state index contributed by atoms with van der Waals surface area (Å²) in [5, 5.41) is 0. The van der Waals surface area contributed by atoms with Crippen molar-refractivity contribution in [1.29, 1.82) is 0 Å². The van der Waals surface area contributed by atoms with Crippen LogP contribution in [0.25, 0.3) is 0 Å². The van der Waals surface area contributed by atoms with Gasteiger partial charge >= 0.3 is 0 Å². The molecule has 0 aromatic carbocycles. The van der Waals surface area contributed by atoms with E-state index in [9.17, 15) is 4.79 Å². The van der Waals surface area contributed by atoms with Gasteiger partial charge in [0.25, 0.3) is 0 Å². The first-order chi connectivity index (χ1) is 6.65. The Morgan fingerprint density at radius 1 is 1.36 bits per heavy atom. The summed E-state index contributed by atoms with van der Waals surface area (Å²) in [6, 6.07) is 0. The van der Waals surface area contributed by atoms with Gasteiger partial charge in [0, 0.05) is 54.5 Å². The zero-order chi connectivity index (χ0) is 10.2. The highest BCUT2D eigenvalue weighted by Gasteiger charge is 2.43. The van der Waals surface area contributed by atoms with E-state index >= 15 is 0 Å². The summed E-state index contributed by atoms with van der Waals surface area (Å²) in [6.07, 6.45) is 3.82. The van der Waals surface area contributed by atoms with E-state index in [1.807, 2.05) is 4.90 Å². The molecule has 14 heavy (non-hydrogen) atoms. The number of hydrogen-bond acceptors (Lipinski definition) is 2. The van der Waals surface area contributed by atoms with Gasteiger partial charge in [-0.05, 0) is 18.9 Å². The van der Waals surface area contributed by atoms with Gasteiger partial charge in [-0.15, -0.1) is 0 Å². The van der Waals surface area contributed by atoms with E-state index in [0.717, 1.165) is 32.6 Å². The maximum atomic E-state index is 11.4. The molecule has 0 bridgehead atoms. The molecule has 78 valence electrons. The molecule has 0 radical (unpaired) electrons. The second kappa shape index (κ2) is 3.81. The molecule has 2 heterocycles. The lowest BCUT2D eigenvalue weighted by Crippen LogP contribution is -2.31. The number of rotatable bonds is 1. The Balaban J connectivity index is 2.00. The Hall–Kier alpha value is -0.100. The van der Waals surface area contributed by atoms with Crippen molar-refractivity contribution in [2.45, 2.75) is 12.8 Å². The van der Waals surface area contributed by atoms with Gasteiger partial charge in [-0.1, -0.05) is 6.58 Å². The maximum absolute atomic E-state index is 11.4. The lowest BCUT2D eigenvalue weighted by Gasteiger charge is -2.22. The van der Waals surface area contributed by atoms with Crippen molar-refractivity contribution >= 4 is 28.8 Å².